The van der Waals surface area contributed by atoms with E-state index in [9.17, 15) is 9.59 Å². The molecule has 0 bridgehead atoms. The van der Waals surface area contributed by atoms with Crippen molar-refractivity contribution >= 4 is 35.0 Å². The van der Waals surface area contributed by atoms with E-state index in [0.717, 1.165) is 5.56 Å². The summed E-state index contributed by atoms with van der Waals surface area (Å²) < 4.78 is 8.88. The quantitative estimate of drug-likeness (QED) is 0.528. The van der Waals surface area contributed by atoms with E-state index in [1.807, 2.05) is 17.7 Å². The molecule has 0 aliphatic heterocycles. The Hall–Kier alpha value is -3.34. The Morgan fingerprint density at radius 3 is 2.60 bits per heavy atom. The molecule has 2 aromatic heterocycles. The number of aromatic nitrogens is 5. The van der Waals surface area contributed by atoms with Crippen LogP contribution in [0.5, 0.6) is 5.88 Å². The average molecular weight is 430 g/mol. The number of nitrogens with zero attached hydrogens (tertiary/aromatic N) is 5. The Balaban J connectivity index is 1.68. The third-order valence-corrected chi connectivity index (χ3v) is 5.03. The van der Waals surface area contributed by atoms with Crippen LogP contribution in [-0.2, 0) is 23.2 Å². The number of rotatable bonds is 8. The number of thioether (sulfide) groups is 1. The molecule has 0 fully saturated rings. The predicted molar refractivity (Wildman–Crippen MR) is 115 cm³/mol. The molecule has 30 heavy (non-hydrogen) atoms. The number of anilines is 2. The first-order valence-electron chi connectivity index (χ1n) is 9.22. The highest BCUT2D eigenvalue weighted by molar-refractivity contribution is 7.99. The molecule has 2 amide bonds. The van der Waals surface area contributed by atoms with Crippen LogP contribution in [0.4, 0.5) is 11.4 Å². The largest absolute Gasteiger partial charge is 0.479 e. The van der Waals surface area contributed by atoms with Crippen molar-refractivity contribution in [1.82, 2.24) is 24.5 Å². The Bertz CT molecular complexity index is 1060. The first-order chi connectivity index (χ1) is 14.4. The third kappa shape index (κ3) is 4.98. The van der Waals surface area contributed by atoms with Gasteiger partial charge in [0.15, 0.2) is 11.0 Å². The maximum absolute atomic E-state index is 12.4. The van der Waals surface area contributed by atoms with Gasteiger partial charge in [-0.15, -0.1) is 15.3 Å². The SMILES string of the molecule is CCn1c(SCC(=O)Nc2cccc(NC(C)=O)c2)nnc1-c1cn(C)nc1OC. The Morgan fingerprint density at radius 1 is 1.20 bits per heavy atom. The van der Waals surface area contributed by atoms with Gasteiger partial charge in [-0.1, -0.05) is 17.8 Å². The molecule has 10 nitrogen and oxygen atoms in total. The number of benzene rings is 1. The second-order valence-corrected chi connectivity index (χ2v) is 7.32. The molecule has 2 N–H and O–H groups in total. The van der Waals surface area contributed by atoms with Crippen molar-refractivity contribution in [3.8, 4) is 17.3 Å². The number of ether oxygens (including phenoxy) is 1. The minimum Gasteiger partial charge on any atom is -0.479 e. The van der Waals surface area contributed by atoms with Crippen LogP contribution < -0.4 is 15.4 Å². The van der Waals surface area contributed by atoms with Gasteiger partial charge >= 0.3 is 0 Å². The van der Waals surface area contributed by atoms with Gasteiger partial charge in [-0.05, 0) is 25.1 Å². The first kappa shape index (κ1) is 21.4. The fraction of sp³-hybridized carbons (Fsp3) is 0.316. The molecular weight excluding hydrogens is 406 g/mol. The zero-order valence-corrected chi connectivity index (χ0v) is 18.0. The summed E-state index contributed by atoms with van der Waals surface area (Å²) in [6.07, 6.45) is 1.82. The minimum absolute atomic E-state index is 0.159. The van der Waals surface area contributed by atoms with E-state index in [1.165, 1.54) is 18.7 Å². The molecule has 0 atom stereocenters. The Morgan fingerprint density at radius 2 is 1.93 bits per heavy atom. The summed E-state index contributed by atoms with van der Waals surface area (Å²) in [5, 5.41) is 18.9. The molecule has 3 aromatic rings. The van der Waals surface area contributed by atoms with Crippen LogP contribution in [0.15, 0.2) is 35.6 Å². The van der Waals surface area contributed by atoms with E-state index in [-0.39, 0.29) is 17.6 Å². The molecule has 0 saturated heterocycles. The first-order valence-corrected chi connectivity index (χ1v) is 10.2. The van der Waals surface area contributed by atoms with Gasteiger partial charge in [0.1, 0.15) is 5.56 Å². The smallest absolute Gasteiger partial charge is 0.243 e. The van der Waals surface area contributed by atoms with Crippen LogP contribution in [0, 0.1) is 0 Å². The highest BCUT2D eigenvalue weighted by Crippen LogP contribution is 2.30. The lowest BCUT2D eigenvalue weighted by molar-refractivity contribution is -0.114. The second kappa shape index (κ2) is 9.44. The van der Waals surface area contributed by atoms with Gasteiger partial charge in [0.05, 0.1) is 12.9 Å². The normalized spacial score (nSPS) is 10.7. The van der Waals surface area contributed by atoms with E-state index in [1.54, 1.807) is 43.1 Å². The number of nitrogens with one attached hydrogen (secondary N) is 2. The number of aryl methyl sites for hydroxylation is 1. The number of amides is 2. The summed E-state index contributed by atoms with van der Waals surface area (Å²) >= 11 is 1.29. The molecule has 0 saturated carbocycles. The lowest BCUT2D eigenvalue weighted by Gasteiger charge is -2.09. The molecule has 158 valence electrons. The molecule has 0 radical (unpaired) electrons. The predicted octanol–water partition coefficient (Wildman–Crippen LogP) is 2.40. The maximum Gasteiger partial charge on any atom is 0.243 e. The number of hydrogen-bond donors (Lipinski definition) is 2. The zero-order valence-electron chi connectivity index (χ0n) is 17.2. The summed E-state index contributed by atoms with van der Waals surface area (Å²) in [6, 6.07) is 6.97. The monoisotopic (exact) mass is 429 g/mol. The summed E-state index contributed by atoms with van der Waals surface area (Å²) in [6.45, 7) is 4.04. The third-order valence-electron chi connectivity index (χ3n) is 4.06. The van der Waals surface area contributed by atoms with Crippen LogP contribution in [-0.4, -0.2) is 49.2 Å². The van der Waals surface area contributed by atoms with Crippen LogP contribution >= 0.6 is 11.8 Å². The van der Waals surface area contributed by atoms with Gasteiger partial charge in [0, 0.05) is 38.1 Å². The number of carbonyl (C=O) groups excluding carboxylic acids is 2. The van der Waals surface area contributed by atoms with E-state index in [2.05, 4.69) is 25.9 Å². The molecule has 0 aliphatic rings. The van der Waals surface area contributed by atoms with E-state index < -0.39 is 0 Å². The molecule has 0 unspecified atom stereocenters. The van der Waals surface area contributed by atoms with E-state index in [4.69, 9.17) is 4.74 Å². The highest BCUT2D eigenvalue weighted by Gasteiger charge is 2.20. The standard InChI is InChI=1S/C19H23N7O3S/c1-5-26-17(15-10-25(3)24-18(15)29-4)22-23-19(26)30-11-16(28)21-14-8-6-7-13(9-14)20-12(2)27/h6-10H,5,11H2,1-4H3,(H,20,27)(H,21,28). The van der Waals surface area contributed by atoms with Gasteiger partial charge in [0.25, 0.3) is 0 Å². The molecular formula is C19H23N7O3S. The minimum atomic E-state index is -0.189. The van der Waals surface area contributed by atoms with Crippen molar-refractivity contribution in [2.75, 3.05) is 23.5 Å². The highest BCUT2D eigenvalue weighted by atomic mass is 32.2. The summed E-state index contributed by atoms with van der Waals surface area (Å²) in [5.74, 6) is 0.897. The fourth-order valence-electron chi connectivity index (χ4n) is 2.86. The lowest BCUT2D eigenvalue weighted by Crippen LogP contribution is -2.15. The number of hydrogen-bond acceptors (Lipinski definition) is 7. The summed E-state index contributed by atoms with van der Waals surface area (Å²) in [4.78, 5) is 23.6. The molecule has 2 heterocycles. The van der Waals surface area contributed by atoms with Crippen LogP contribution in [0.3, 0.4) is 0 Å². The van der Waals surface area contributed by atoms with Crippen molar-refractivity contribution in [3.05, 3.63) is 30.5 Å². The molecule has 11 heteroatoms. The topological polar surface area (TPSA) is 116 Å². The van der Waals surface area contributed by atoms with Crippen molar-refractivity contribution in [2.24, 2.45) is 7.05 Å². The molecule has 1 aromatic carbocycles. The fourth-order valence-corrected chi connectivity index (χ4v) is 3.66. The van der Waals surface area contributed by atoms with Crippen molar-refractivity contribution in [2.45, 2.75) is 25.5 Å². The van der Waals surface area contributed by atoms with E-state index >= 15 is 0 Å². The van der Waals surface area contributed by atoms with Crippen molar-refractivity contribution in [1.29, 1.82) is 0 Å². The lowest BCUT2D eigenvalue weighted by atomic mass is 10.2. The van der Waals surface area contributed by atoms with Crippen LogP contribution in [0.2, 0.25) is 0 Å². The average Bonchev–Trinajstić information content (AvgIpc) is 3.28. The second-order valence-electron chi connectivity index (χ2n) is 6.38. The van der Waals surface area contributed by atoms with Crippen LogP contribution in [0.1, 0.15) is 13.8 Å². The number of methoxy groups -OCH3 is 1. The van der Waals surface area contributed by atoms with Gasteiger partial charge in [-0.2, -0.15) is 0 Å². The number of carbonyl (C=O) groups is 2. The van der Waals surface area contributed by atoms with E-state index in [0.29, 0.717) is 34.8 Å². The molecule has 0 aliphatic carbocycles. The zero-order chi connectivity index (χ0) is 21.7. The van der Waals surface area contributed by atoms with Gasteiger partial charge in [-0.25, -0.2) is 0 Å². The summed E-state index contributed by atoms with van der Waals surface area (Å²) in [5.41, 5.74) is 1.96. The van der Waals surface area contributed by atoms with Crippen molar-refractivity contribution in [3.63, 3.8) is 0 Å². The van der Waals surface area contributed by atoms with Crippen LogP contribution in [0.25, 0.3) is 11.4 Å². The molecule has 3 rings (SSSR count). The maximum atomic E-state index is 12.4. The Labute approximate surface area is 178 Å². The Kier molecular flexibility index (Phi) is 6.72. The molecule has 0 spiro atoms. The summed E-state index contributed by atoms with van der Waals surface area (Å²) in [7, 11) is 3.36. The van der Waals surface area contributed by atoms with Crippen molar-refractivity contribution < 1.29 is 14.3 Å². The van der Waals surface area contributed by atoms with Gasteiger partial charge in [-0.3, -0.25) is 14.3 Å². The van der Waals surface area contributed by atoms with Gasteiger partial charge in [0.2, 0.25) is 17.7 Å². The van der Waals surface area contributed by atoms with Gasteiger partial charge < -0.3 is 19.9 Å².